The van der Waals surface area contributed by atoms with Crippen molar-refractivity contribution in [1.29, 1.82) is 0 Å². The molecule has 2 saturated carbocycles. The molecule has 0 saturated heterocycles. The van der Waals surface area contributed by atoms with E-state index < -0.39 is 0 Å². The first-order chi connectivity index (χ1) is 8.48. The van der Waals surface area contributed by atoms with Crippen LogP contribution in [0.5, 0.6) is 0 Å². The predicted octanol–water partition coefficient (Wildman–Crippen LogP) is 3.75. The Hall–Kier alpha value is -0.0800. The van der Waals surface area contributed by atoms with Crippen LogP contribution in [0, 0.1) is 10.8 Å². The fourth-order valence-corrected chi connectivity index (χ4v) is 3.67. The molecule has 0 aromatic heterocycles. The lowest BCUT2D eigenvalue weighted by molar-refractivity contribution is -0.116. The van der Waals surface area contributed by atoms with Crippen molar-refractivity contribution in [1.82, 2.24) is 5.32 Å². The Kier molecular flexibility index (Phi) is 4.38. The number of ether oxygens (including phenoxy) is 1. The van der Waals surface area contributed by atoms with Crippen molar-refractivity contribution in [3.63, 3.8) is 0 Å². The highest BCUT2D eigenvalue weighted by molar-refractivity contribution is 5.03. The third-order valence-corrected chi connectivity index (χ3v) is 5.38. The second kappa shape index (κ2) is 5.50. The summed E-state index contributed by atoms with van der Waals surface area (Å²) in [6.45, 7) is 11.3. The van der Waals surface area contributed by atoms with Gasteiger partial charge in [0.15, 0.2) is 0 Å². The fourth-order valence-electron chi connectivity index (χ4n) is 3.67. The maximum absolute atomic E-state index is 5.80. The maximum Gasteiger partial charge on any atom is 0.0655 e. The molecule has 2 atom stereocenters. The lowest BCUT2D eigenvalue weighted by Crippen LogP contribution is -2.62. The van der Waals surface area contributed by atoms with Gasteiger partial charge in [0.2, 0.25) is 0 Å². The van der Waals surface area contributed by atoms with E-state index in [0.29, 0.717) is 23.0 Å². The van der Waals surface area contributed by atoms with Crippen LogP contribution in [0.4, 0.5) is 0 Å². The van der Waals surface area contributed by atoms with Crippen LogP contribution in [0.1, 0.15) is 66.2 Å². The van der Waals surface area contributed by atoms with E-state index in [4.69, 9.17) is 4.74 Å². The summed E-state index contributed by atoms with van der Waals surface area (Å²) in [6, 6.07) is 0.646. The average molecular weight is 253 g/mol. The average Bonchev–Trinajstić information content (AvgIpc) is 2.33. The molecule has 2 aliphatic carbocycles. The molecule has 0 aliphatic heterocycles. The van der Waals surface area contributed by atoms with Gasteiger partial charge in [0, 0.05) is 24.6 Å². The number of hydrogen-bond acceptors (Lipinski definition) is 2. The summed E-state index contributed by atoms with van der Waals surface area (Å²) >= 11 is 0. The molecule has 2 nitrogen and oxygen atoms in total. The molecule has 2 fully saturated rings. The van der Waals surface area contributed by atoms with Gasteiger partial charge in [0.1, 0.15) is 0 Å². The third kappa shape index (κ3) is 2.91. The van der Waals surface area contributed by atoms with Crippen molar-refractivity contribution in [2.24, 2.45) is 10.8 Å². The van der Waals surface area contributed by atoms with Gasteiger partial charge in [-0.25, -0.2) is 0 Å². The van der Waals surface area contributed by atoms with Gasteiger partial charge in [0.05, 0.1) is 6.10 Å². The van der Waals surface area contributed by atoms with Gasteiger partial charge in [-0.1, -0.05) is 40.0 Å². The number of nitrogens with one attached hydrogen (secondary N) is 1. The quantitative estimate of drug-likeness (QED) is 0.805. The molecule has 0 bridgehead atoms. The second-order valence-electron chi connectivity index (χ2n) is 7.31. The highest BCUT2D eigenvalue weighted by Crippen LogP contribution is 2.43. The van der Waals surface area contributed by atoms with Crippen molar-refractivity contribution < 1.29 is 4.74 Å². The highest BCUT2D eigenvalue weighted by atomic mass is 16.5. The SMILES string of the molecule is CCOC1CC(NCC2(C)CCCCC2)C1(C)C. The molecular formula is C16H31NO. The fraction of sp³-hybridized carbons (Fsp3) is 1.00. The zero-order valence-electron chi connectivity index (χ0n) is 12.7. The molecule has 2 rings (SSSR count). The van der Waals surface area contributed by atoms with Gasteiger partial charge in [-0.15, -0.1) is 0 Å². The summed E-state index contributed by atoms with van der Waals surface area (Å²) in [7, 11) is 0. The van der Waals surface area contributed by atoms with Gasteiger partial charge >= 0.3 is 0 Å². The molecule has 2 heteroatoms. The Morgan fingerprint density at radius 1 is 1.11 bits per heavy atom. The van der Waals surface area contributed by atoms with E-state index in [1.54, 1.807) is 0 Å². The van der Waals surface area contributed by atoms with Gasteiger partial charge in [0.25, 0.3) is 0 Å². The Balaban J connectivity index is 1.78. The van der Waals surface area contributed by atoms with E-state index in [-0.39, 0.29) is 0 Å². The summed E-state index contributed by atoms with van der Waals surface area (Å²) in [6.07, 6.45) is 8.75. The van der Waals surface area contributed by atoms with Crippen LogP contribution in [-0.2, 0) is 4.74 Å². The Morgan fingerprint density at radius 3 is 2.33 bits per heavy atom. The van der Waals surface area contributed by atoms with E-state index >= 15 is 0 Å². The summed E-state index contributed by atoms with van der Waals surface area (Å²) in [5.41, 5.74) is 0.853. The van der Waals surface area contributed by atoms with Crippen molar-refractivity contribution in [3.8, 4) is 0 Å². The molecule has 0 amide bonds. The molecule has 0 spiro atoms. The summed E-state index contributed by atoms with van der Waals surface area (Å²) in [4.78, 5) is 0. The number of rotatable bonds is 5. The van der Waals surface area contributed by atoms with Gasteiger partial charge in [-0.2, -0.15) is 0 Å². The smallest absolute Gasteiger partial charge is 0.0655 e. The molecule has 0 radical (unpaired) electrons. The van der Waals surface area contributed by atoms with E-state index in [0.717, 1.165) is 6.61 Å². The standard InChI is InChI=1S/C16H31NO/c1-5-18-14-11-13(15(14,2)3)17-12-16(4)9-7-6-8-10-16/h13-14,17H,5-12H2,1-4H3. The highest BCUT2D eigenvalue weighted by Gasteiger charge is 2.49. The molecular weight excluding hydrogens is 222 g/mol. The van der Waals surface area contributed by atoms with Crippen LogP contribution in [0.3, 0.4) is 0 Å². The van der Waals surface area contributed by atoms with Crippen LogP contribution in [0.15, 0.2) is 0 Å². The number of hydrogen-bond donors (Lipinski definition) is 1. The first-order valence-corrected chi connectivity index (χ1v) is 7.83. The minimum atomic E-state index is 0.307. The molecule has 18 heavy (non-hydrogen) atoms. The normalized spacial score (nSPS) is 34.0. The predicted molar refractivity (Wildman–Crippen MR) is 76.8 cm³/mol. The monoisotopic (exact) mass is 253 g/mol. The summed E-state index contributed by atoms with van der Waals surface area (Å²) in [5, 5.41) is 3.83. The molecule has 2 aliphatic rings. The Labute approximate surface area is 113 Å². The molecule has 1 N–H and O–H groups in total. The molecule has 0 heterocycles. The van der Waals surface area contributed by atoms with E-state index in [2.05, 4.69) is 33.0 Å². The van der Waals surface area contributed by atoms with Gasteiger partial charge < -0.3 is 10.1 Å². The zero-order chi connectivity index (χ0) is 13.2. The Morgan fingerprint density at radius 2 is 1.78 bits per heavy atom. The van der Waals surface area contributed by atoms with Crippen molar-refractivity contribution >= 4 is 0 Å². The molecule has 0 aromatic carbocycles. The van der Waals surface area contributed by atoms with E-state index in [1.165, 1.54) is 45.1 Å². The van der Waals surface area contributed by atoms with Crippen molar-refractivity contribution in [3.05, 3.63) is 0 Å². The molecule has 0 aromatic rings. The largest absolute Gasteiger partial charge is 0.378 e. The first kappa shape index (κ1) is 14.3. The minimum absolute atomic E-state index is 0.307. The zero-order valence-corrected chi connectivity index (χ0v) is 12.7. The van der Waals surface area contributed by atoms with Crippen LogP contribution in [0.25, 0.3) is 0 Å². The van der Waals surface area contributed by atoms with E-state index in [9.17, 15) is 0 Å². The third-order valence-electron chi connectivity index (χ3n) is 5.38. The van der Waals surface area contributed by atoms with Crippen molar-refractivity contribution in [2.75, 3.05) is 13.2 Å². The Bertz CT molecular complexity index is 268. The lowest BCUT2D eigenvalue weighted by Gasteiger charge is -2.53. The van der Waals surface area contributed by atoms with Crippen LogP contribution in [-0.4, -0.2) is 25.3 Å². The first-order valence-electron chi connectivity index (χ1n) is 7.83. The van der Waals surface area contributed by atoms with Crippen molar-refractivity contribution in [2.45, 2.75) is 78.4 Å². The maximum atomic E-state index is 5.80. The topological polar surface area (TPSA) is 21.3 Å². The lowest BCUT2D eigenvalue weighted by atomic mass is 9.64. The summed E-state index contributed by atoms with van der Waals surface area (Å²) < 4.78 is 5.80. The van der Waals surface area contributed by atoms with E-state index in [1.807, 2.05) is 0 Å². The van der Waals surface area contributed by atoms with Crippen LogP contribution in [0.2, 0.25) is 0 Å². The summed E-state index contributed by atoms with van der Waals surface area (Å²) in [5.74, 6) is 0. The molecule has 106 valence electrons. The van der Waals surface area contributed by atoms with Crippen LogP contribution >= 0.6 is 0 Å². The van der Waals surface area contributed by atoms with Gasteiger partial charge in [-0.3, -0.25) is 0 Å². The van der Waals surface area contributed by atoms with Gasteiger partial charge in [-0.05, 0) is 31.6 Å². The minimum Gasteiger partial charge on any atom is -0.378 e. The molecule has 2 unspecified atom stereocenters. The second-order valence-corrected chi connectivity index (χ2v) is 7.31. The van der Waals surface area contributed by atoms with Crippen LogP contribution < -0.4 is 5.32 Å².